The Morgan fingerprint density at radius 2 is 1.86 bits per heavy atom. The lowest BCUT2D eigenvalue weighted by molar-refractivity contribution is 0.290. The summed E-state index contributed by atoms with van der Waals surface area (Å²) in [4.78, 5) is 0. The van der Waals surface area contributed by atoms with Gasteiger partial charge in [0.2, 0.25) is 0 Å². The minimum atomic E-state index is 0.198. The molecule has 0 atom stereocenters. The predicted molar refractivity (Wildman–Crippen MR) is 94.2 cm³/mol. The average molecular weight is 354 g/mol. The van der Waals surface area contributed by atoms with E-state index in [0.717, 1.165) is 28.6 Å². The Morgan fingerprint density at radius 1 is 1.05 bits per heavy atom. The molecular formula is C19H16BrNO. The van der Waals surface area contributed by atoms with Gasteiger partial charge in [0.25, 0.3) is 0 Å². The Balaban J connectivity index is 1.92. The van der Waals surface area contributed by atoms with E-state index >= 15 is 0 Å². The van der Waals surface area contributed by atoms with Gasteiger partial charge >= 0.3 is 0 Å². The summed E-state index contributed by atoms with van der Waals surface area (Å²) in [7, 11) is 0. The summed E-state index contributed by atoms with van der Waals surface area (Å²) in [6.45, 7) is 0.198. The first kappa shape index (κ1) is 14.9. The molecule has 1 aromatic heterocycles. The van der Waals surface area contributed by atoms with Crippen molar-refractivity contribution in [3.05, 3.63) is 64.8 Å². The van der Waals surface area contributed by atoms with Crippen molar-refractivity contribution >= 4 is 26.8 Å². The van der Waals surface area contributed by atoms with Gasteiger partial charge in [-0.1, -0.05) is 27.8 Å². The highest BCUT2D eigenvalue weighted by atomic mass is 79.9. The van der Waals surface area contributed by atoms with Gasteiger partial charge in [0.15, 0.2) is 0 Å². The van der Waals surface area contributed by atoms with E-state index in [2.05, 4.69) is 68.9 Å². The maximum atomic E-state index is 8.76. The summed E-state index contributed by atoms with van der Waals surface area (Å²) < 4.78 is 3.25. The minimum Gasteiger partial charge on any atom is -0.396 e. The van der Waals surface area contributed by atoms with E-state index in [9.17, 15) is 0 Å². The highest BCUT2D eigenvalue weighted by Gasteiger charge is 2.03. The van der Waals surface area contributed by atoms with E-state index in [1.807, 2.05) is 18.2 Å². The third-order valence-electron chi connectivity index (χ3n) is 3.49. The largest absolute Gasteiger partial charge is 0.396 e. The van der Waals surface area contributed by atoms with Crippen molar-refractivity contribution < 1.29 is 5.11 Å². The average Bonchev–Trinajstić information content (AvgIpc) is 2.95. The van der Waals surface area contributed by atoms with Crippen molar-refractivity contribution in [1.29, 1.82) is 0 Å². The smallest absolute Gasteiger partial charge is 0.0529 e. The first-order valence-electron chi connectivity index (χ1n) is 7.25. The second-order valence-electron chi connectivity index (χ2n) is 5.06. The van der Waals surface area contributed by atoms with Gasteiger partial charge in [-0.25, -0.2) is 0 Å². The number of aliphatic hydroxyl groups is 1. The number of benzene rings is 2. The molecule has 0 saturated heterocycles. The number of nitrogens with zero attached hydrogens (tertiary/aromatic N) is 1. The van der Waals surface area contributed by atoms with Crippen LogP contribution in [0.5, 0.6) is 0 Å². The van der Waals surface area contributed by atoms with Gasteiger partial charge in [-0.3, -0.25) is 0 Å². The molecule has 3 rings (SSSR count). The monoisotopic (exact) mass is 353 g/mol. The number of rotatable bonds is 3. The van der Waals surface area contributed by atoms with Crippen molar-refractivity contribution in [3.63, 3.8) is 0 Å². The Bertz CT molecular complexity index is 837. The molecule has 0 aliphatic heterocycles. The lowest BCUT2D eigenvalue weighted by Crippen LogP contribution is -1.91. The molecule has 0 fully saturated rings. The highest BCUT2D eigenvalue weighted by Crippen LogP contribution is 2.22. The molecule has 3 heteroatoms. The topological polar surface area (TPSA) is 25.2 Å². The van der Waals surface area contributed by atoms with Crippen molar-refractivity contribution in [2.24, 2.45) is 0 Å². The van der Waals surface area contributed by atoms with Crippen LogP contribution in [0.3, 0.4) is 0 Å². The molecule has 0 unspecified atom stereocenters. The Kier molecular flexibility index (Phi) is 4.62. The first-order valence-corrected chi connectivity index (χ1v) is 8.04. The fourth-order valence-electron chi connectivity index (χ4n) is 2.38. The molecule has 0 spiro atoms. The molecule has 1 heterocycles. The first-order chi connectivity index (χ1) is 10.8. The van der Waals surface area contributed by atoms with Gasteiger partial charge in [0.1, 0.15) is 0 Å². The molecule has 22 heavy (non-hydrogen) atoms. The number of aliphatic hydroxyl groups excluding tert-OH is 1. The molecule has 110 valence electrons. The molecule has 0 bridgehead atoms. The molecule has 0 radical (unpaired) electrons. The zero-order chi connectivity index (χ0) is 15.4. The van der Waals surface area contributed by atoms with Crippen molar-refractivity contribution in [1.82, 2.24) is 4.57 Å². The molecule has 0 saturated carbocycles. The predicted octanol–water partition coefficient (Wildman–Crippen LogP) is 4.52. The molecule has 0 aliphatic rings. The molecule has 0 amide bonds. The Labute approximate surface area is 138 Å². The Hall–Kier alpha value is -2.02. The van der Waals surface area contributed by atoms with Crippen LogP contribution in [0, 0.1) is 11.8 Å². The SMILES string of the molecule is OCCCC#Cc1ccc2c(ccn2-c2ccc(Br)cc2)c1. The van der Waals surface area contributed by atoms with Gasteiger partial charge in [-0.2, -0.15) is 0 Å². The fourth-order valence-corrected chi connectivity index (χ4v) is 2.64. The Morgan fingerprint density at radius 3 is 2.64 bits per heavy atom. The quantitative estimate of drug-likeness (QED) is 0.543. The highest BCUT2D eigenvalue weighted by molar-refractivity contribution is 9.10. The van der Waals surface area contributed by atoms with Crippen LogP contribution < -0.4 is 0 Å². The third-order valence-corrected chi connectivity index (χ3v) is 4.02. The number of unbranched alkanes of at least 4 members (excludes halogenated alkanes) is 1. The van der Waals surface area contributed by atoms with Crippen LogP contribution >= 0.6 is 15.9 Å². The van der Waals surface area contributed by atoms with Crippen molar-refractivity contribution in [2.75, 3.05) is 6.61 Å². The van der Waals surface area contributed by atoms with Gasteiger partial charge in [0, 0.05) is 40.3 Å². The maximum absolute atomic E-state index is 8.76. The summed E-state index contributed by atoms with van der Waals surface area (Å²) >= 11 is 3.46. The summed E-state index contributed by atoms with van der Waals surface area (Å²) in [6, 6.07) is 16.6. The second kappa shape index (κ2) is 6.83. The van der Waals surface area contributed by atoms with E-state index in [4.69, 9.17) is 5.11 Å². The van der Waals surface area contributed by atoms with E-state index in [-0.39, 0.29) is 6.61 Å². The van der Waals surface area contributed by atoms with Gasteiger partial charge in [0.05, 0.1) is 5.52 Å². The number of fused-ring (bicyclic) bond motifs is 1. The van der Waals surface area contributed by atoms with Crippen LogP contribution in [-0.2, 0) is 0 Å². The maximum Gasteiger partial charge on any atom is 0.0529 e. The van der Waals surface area contributed by atoms with Crippen LogP contribution in [-0.4, -0.2) is 16.3 Å². The lowest BCUT2D eigenvalue weighted by atomic mass is 10.1. The van der Waals surface area contributed by atoms with E-state index in [0.29, 0.717) is 0 Å². The van der Waals surface area contributed by atoms with E-state index in [1.54, 1.807) is 0 Å². The second-order valence-corrected chi connectivity index (χ2v) is 5.98. The molecular weight excluding hydrogens is 338 g/mol. The summed E-state index contributed by atoms with van der Waals surface area (Å²) in [5.74, 6) is 6.24. The fraction of sp³-hybridized carbons (Fsp3) is 0.158. The van der Waals surface area contributed by atoms with Crippen LogP contribution in [0.25, 0.3) is 16.6 Å². The van der Waals surface area contributed by atoms with Crippen molar-refractivity contribution in [2.45, 2.75) is 12.8 Å². The van der Waals surface area contributed by atoms with Gasteiger partial charge < -0.3 is 9.67 Å². The zero-order valence-corrected chi connectivity index (χ0v) is 13.7. The standard InChI is InChI=1S/C19H16BrNO/c20-17-6-8-18(9-7-17)21-12-11-16-14-15(5-10-19(16)21)4-2-1-3-13-22/h5-12,14,22H,1,3,13H2. The molecule has 2 nitrogen and oxygen atoms in total. The number of halogens is 1. The van der Waals surface area contributed by atoms with E-state index in [1.165, 1.54) is 10.9 Å². The molecule has 0 aliphatic carbocycles. The number of aromatic nitrogens is 1. The zero-order valence-electron chi connectivity index (χ0n) is 12.1. The van der Waals surface area contributed by atoms with Crippen LogP contribution in [0.2, 0.25) is 0 Å². The molecule has 2 aromatic carbocycles. The van der Waals surface area contributed by atoms with Gasteiger partial charge in [-0.15, -0.1) is 0 Å². The lowest BCUT2D eigenvalue weighted by Gasteiger charge is -2.05. The summed E-state index contributed by atoms with van der Waals surface area (Å²) in [5.41, 5.74) is 3.32. The normalized spacial score (nSPS) is 10.5. The summed E-state index contributed by atoms with van der Waals surface area (Å²) in [5, 5.41) is 9.94. The third kappa shape index (κ3) is 3.24. The van der Waals surface area contributed by atoms with Crippen LogP contribution in [0.4, 0.5) is 0 Å². The van der Waals surface area contributed by atoms with E-state index < -0.39 is 0 Å². The van der Waals surface area contributed by atoms with Crippen LogP contribution in [0.15, 0.2) is 59.2 Å². The van der Waals surface area contributed by atoms with Crippen LogP contribution in [0.1, 0.15) is 18.4 Å². The number of hydrogen-bond acceptors (Lipinski definition) is 1. The van der Waals surface area contributed by atoms with Gasteiger partial charge in [-0.05, 0) is 55.0 Å². The molecule has 3 aromatic rings. The number of hydrogen-bond donors (Lipinski definition) is 1. The van der Waals surface area contributed by atoms with Crippen molar-refractivity contribution in [3.8, 4) is 17.5 Å². The summed E-state index contributed by atoms with van der Waals surface area (Å²) in [6.07, 6.45) is 3.54. The molecule has 1 N–H and O–H groups in total. The minimum absolute atomic E-state index is 0.198.